The number of halogens is 1. The van der Waals surface area contributed by atoms with Crippen LogP contribution in [0.4, 0.5) is 4.39 Å². The summed E-state index contributed by atoms with van der Waals surface area (Å²) in [6, 6.07) is 16.9. The van der Waals surface area contributed by atoms with Crippen molar-refractivity contribution < 1.29 is 29.0 Å². The highest BCUT2D eigenvalue weighted by molar-refractivity contribution is 6.02. The number of hydrogen-bond acceptors (Lipinski definition) is 7. The van der Waals surface area contributed by atoms with E-state index in [2.05, 4.69) is 4.90 Å². The van der Waals surface area contributed by atoms with Gasteiger partial charge in [0.1, 0.15) is 23.1 Å². The number of phenols is 2. The molecule has 226 valence electrons. The van der Waals surface area contributed by atoms with E-state index >= 15 is 0 Å². The molecule has 2 aliphatic heterocycles. The van der Waals surface area contributed by atoms with Gasteiger partial charge in [0, 0.05) is 54.9 Å². The third-order valence-corrected chi connectivity index (χ3v) is 8.94. The molecule has 0 aliphatic carbocycles. The molecule has 3 aromatic carbocycles. The van der Waals surface area contributed by atoms with Crippen molar-refractivity contribution in [2.45, 2.75) is 38.5 Å². The molecule has 7 nitrogen and oxygen atoms in total. The first-order valence-corrected chi connectivity index (χ1v) is 15.1. The average Bonchev–Trinajstić information content (AvgIpc) is 3.01. The predicted octanol–water partition coefficient (Wildman–Crippen LogP) is 5.39. The molecule has 5 rings (SSSR count). The van der Waals surface area contributed by atoms with Crippen LogP contribution in [0, 0.1) is 24.6 Å². The highest BCUT2D eigenvalue weighted by Crippen LogP contribution is 2.42. The molecular formula is C35H39FN2O5. The molecule has 0 amide bonds. The Labute approximate surface area is 251 Å². The SMILES string of the molecule is Cc1c(F)cccc1C1C(C(=O)c2cccc(O)c2)CN(CC(=O)CCN2CCCCC2)CC1C(=O)c1cccc(O)c1. The van der Waals surface area contributed by atoms with E-state index in [0.717, 1.165) is 25.9 Å². The van der Waals surface area contributed by atoms with Crippen LogP contribution < -0.4 is 0 Å². The van der Waals surface area contributed by atoms with Crippen LogP contribution in [-0.2, 0) is 4.79 Å². The number of piperidine rings is 2. The van der Waals surface area contributed by atoms with Crippen LogP contribution >= 0.6 is 0 Å². The van der Waals surface area contributed by atoms with Crippen molar-refractivity contribution in [1.29, 1.82) is 0 Å². The van der Waals surface area contributed by atoms with E-state index in [-0.39, 0.29) is 59.6 Å². The Morgan fingerprint density at radius 2 is 1.35 bits per heavy atom. The summed E-state index contributed by atoms with van der Waals surface area (Å²) in [5.74, 6) is -3.37. The maximum atomic E-state index is 14.9. The highest BCUT2D eigenvalue weighted by atomic mass is 19.1. The van der Waals surface area contributed by atoms with Gasteiger partial charge in [-0.05, 0) is 74.3 Å². The van der Waals surface area contributed by atoms with Gasteiger partial charge in [-0.3, -0.25) is 19.3 Å². The lowest BCUT2D eigenvalue weighted by molar-refractivity contribution is -0.121. The number of hydrogen-bond donors (Lipinski definition) is 2. The van der Waals surface area contributed by atoms with E-state index in [1.165, 1.54) is 36.8 Å². The van der Waals surface area contributed by atoms with Gasteiger partial charge in [0.2, 0.25) is 0 Å². The van der Waals surface area contributed by atoms with Crippen LogP contribution in [0.1, 0.15) is 63.4 Å². The van der Waals surface area contributed by atoms with Crippen LogP contribution in [0.2, 0.25) is 0 Å². The van der Waals surface area contributed by atoms with Gasteiger partial charge < -0.3 is 15.1 Å². The molecule has 0 bridgehead atoms. The molecule has 2 N–H and O–H groups in total. The van der Waals surface area contributed by atoms with Crippen molar-refractivity contribution in [1.82, 2.24) is 9.80 Å². The molecule has 2 atom stereocenters. The van der Waals surface area contributed by atoms with Gasteiger partial charge in [0.05, 0.1) is 6.54 Å². The lowest BCUT2D eigenvalue weighted by atomic mass is 9.67. The molecule has 3 aromatic rings. The van der Waals surface area contributed by atoms with Gasteiger partial charge in [0.15, 0.2) is 11.6 Å². The molecule has 2 unspecified atom stereocenters. The monoisotopic (exact) mass is 586 g/mol. The van der Waals surface area contributed by atoms with Crippen molar-refractivity contribution in [2.75, 3.05) is 39.3 Å². The third-order valence-electron chi connectivity index (χ3n) is 8.94. The first-order valence-electron chi connectivity index (χ1n) is 15.1. The Morgan fingerprint density at radius 3 is 1.91 bits per heavy atom. The number of carbonyl (C=O) groups is 3. The Balaban J connectivity index is 1.51. The van der Waals surface area contributed by atoms with E-state index in [1.54, 1.807) is 43.3 Å². The predicted molar refractivity (Wildman–Crippen MR) is 162 cm³/mol. The molecule has 0 aromatic heterocycles. The molecular weight excluding hydrogens is 547 g/mol. The number of Topliss-reactive ketones (excluding diaryl/α,β-unsaturated/α-hetero) is 3. The summed E-state index contributed by atoms with van der Waals surface area (Å²) in [6.07, 6.45) is 3.88. The normalized spacial score (nSPS) is 21.4. The van der Waals surface area contributed by atoms with E-state index in [9.17, 15) is 29.0 Å². The minimum Gasteiger partial charge on any atom is -0.508 e. The standard InChI is InChI=1S/C35H39FN2O5/c1-23-29(12-7-13-32(23)36)33-30(34(42)24-8-5-10-26(39)18-24)21-38(20-28(41)14-17-37-15-3-2-4-16-37)22-31(33)35(43)25-9-6-11-27(40)19-25/h5-13,18-19,30-31,33,39-40H,2-4,14-17,20-22H2,1H3. The first-order chi connectivity index (χ1) is 20.7. The smallest absolute Gasteiger partial charge is 0.167 e. The van der Waals surface area contributed by atoms with Crippen LogP contribution in [0.25, 0.3) is 0 Å². The van der Waals surface area contributed by atoms with Crippen molar-refractivity contribution in [3.63, 3.8) is 0 Å². The molecule has 0 saturated carbocycles. The van der Waals surface area contributed by atoms with Gasteiger partial charge in [-0.1, -0.05) is 42.8 Å². The molecule has 2 heterocycles. The van der Waals surface area contributed by atoms with Gasteiger partial charge in [-0.15, -0.1) is 0 Å². The van der Waals surface area contributed by atoms with Crippen molar-refractivity contribution >= 4 is 17.3 Å². The summed E-state index contributed by atoms with van der Waals surface area (Å²) >= 11 is 0. The number of ketones is 3. The second-order valence-corrected chi connectivity index (χ2v) is 11.9. The van der Waals surface area contributed by atoms with E-state index < -0.39 is 23.6 Å². The first kappa shape index (κ1) is 30.6. The Hall–Kier alpha value is -3.88. The zero-order valence-electron chi connectivity index (χ0n) is 24.5. The molecule has 43 heavy (non-hydrogen) atoms. The number of nitrogens with zero attached hydrogens (tertiary/aromatic N) is 2. The van der Waals surface area contributed by atoms with Crippen molar-refractivity contribution in [2.24, 2.45) is 11.8 Å². The van der Waals surface area contributed by atoms with Crippen molar-refractivity contribution in [3.8, 4) is 11.5 Å². The number of aromatic hydroxyl groups is 2. The maximum absolute atomic E-state index is 14.9. The van der Waals surface area contributed by atoms with Gasteiger partial charge in [-0.2, -0.15) is 0 Å². The Kier molecular flexibility index (Phi) is 9.68. The fraction of sp³-hybridized carbons (Fsp3) is 0.400. The number of phenolic OH excluding ortho intramolecular Hbond substituents is 2. The van der Waals surface area contributed by atoms with Gasteiger partial charge in [0.25, 0.3) is 0 Å². The third kappa shape index (κ3) is 7.20. The van der Waals surface area contributed by atoms with Crippen LogP contribution in [0.15, 0.2) is 66.7 Å². The van der Waals surface area contributed by atoms with E-state index in [1.807, 2.05) is 4.90 Å². The minimum absolute atomic E-state index is 0.0399. The zero-order valence-corrected chi connectivity index (χ0v) is 24.5. The lowest BCUT2D eigenvalue weighted by Gasteiger charge is -2.43. The average molecular weight is 587 g/mol. The van der Waals surface area contributed by atoms with Crippen LogP contribution in [0.5, 0.6) is 11.5 Å². The second kappa shape index (κ2) is 13.6. The quantitative estimate of drug-likeness (QED) is 0.308. The molecule has 2 aliphatic rings. The molecule has 0 radical (unpaired) electrons. The number of benzene rings is 3. The Morgan fingerprint density at radius 1 is 0.791 bits per heavy atom. The molecule has 2 saturated heterocycles. The lowest BCUT2D eigenvalue weighted by Crippen LogP contribution is -2.52. The summed E-state index contributed by atoms with van der Waals surface area (Å²) in [4.78, 5) is 45.8. The minimum atomic E-state index is -0.794. The molecule has 2 fully saturated rings. The molecule has 8 heteroatoms. The van der Waals surface area contributed by atoms with Gasteiger partial charge in [-0.25, -0.2) is 4.39 Å². The van der Waals surface area contributed by atoms with E-state index in [4.69, 9.17) is 0 Å². The van der Waals surface area contributed by atoms with E-state index in [0.29, 0.717) is 24.1 Å². The second-order valence-electron chi connectivity index (χ2n) is 11.9. The fourth-order valence-corrected chi connectivity index (χ4v) is 6.72. The summed E-state index contributed by atoms with van der Waals surface area (Å²) in [7, 11) is 0. The number of likely N-dealkylation sites (tertiary alicyclic amines) is 2. The number of rotatable bonds is 10. The van der Waals surface area contributed by atoms with Crippen LogP contribution in [0.3, 0.4) is 0 Å². The number of carbonyl (C=O) groups excluding carboxylic acids is 3. The summed E-state index contributed by atoms with van der Waals surface area (Å²) in [5.41, 5.74) is 1.49. The largest absolute Gasteiger partial charge is 0.508 e. The molecule has 0 spiro atoms. The highest BCUT2D eigenvalue weighted by Gasteiger charge is 2.46. The topological polar surface area (TPSA) is 98.2 Å². The summed E-state index contributed by atoms with van der Waals surface area (Å²) < 4.78 is 14.9. The summed E-state index contributed by atoms with van der Waals surface area (Å²) in [6.45, 7) is 4.82. The maximum Gasteiger partial charge on any atom is 0.167 e. The van der Waals surface area contributed by atoms with Gasteiger partial charge >= 0.3 is 0 Å². The van der Waals surface area contributed by atoms with Crippen molar-refractivity contribution in [3.05, 3.63) is 94.8 Å². The Bertz CT molecular complexity index is 1420. The fourth-order valence-electron chi connectivity index (χ4n) is 6.72. The summed E-state index contributed by atoms with van der Waals surface area (Å²) in [5, 5.41) is 20.3. The van der Waals surface area contributed by atoms with Crippen LogP contribution in [-0.4, -0.2) is 76.6 Å². The zero-order chi connectivity index (χ0) is 30.5.